The Morgan fingerprint density at radius 3 is 2.53 bits per heavy atom. The Labute approximate surface area is 201 Å². The third kappa shape index (κ3) is 4.82. The molecule has 8 nitrogen and oxygen atoms in total. The van der Waals surface area contributed by atoms with Crippen LogP contribution in [0.2, 0.25) is 0 Å². The molecule has 1 aliphatic carbocycles. The molecule has 0 bridgehead atoms. The molecule has 5 rings (SSSR count). The second-order valence-electron chi connectivity index (χ2n) is 9.49. The molecule has 0 spiro atoms. The van der Waals surface area contributed by atoms with Gasteiger partial charge in [-0.25, -0.2) is 9.97 Å². The van der Waals surface area contributed by atoms with Crippen LogP contribution in [0.1, 0.15) is 36.1 Å². The van der Waals surface area contributed by atoms with Crippen molar-refractivity contribution >= 4 is 11.9 Å². The zero-order valence-corrected chi connectivity index (χ0v) is 20.3. The highest BCUT2D eigenvalue weighted by Gasteiger charge is 2.29. The number of hydrogen-bond acceptors (Lipinski definition) is 7. The molecular formula is C26H35N5O3. The molecule has 2 aromatic rings. The summed E-state index contributed by atoms with van der Waals surface area (Å²) in [5, 5.41) is 0. The van der Waals surface area contributed by atoms with Crippen molar-refractivity contribution in [3.05, 3.63) is 41.2 Å². The molecule has 34 heavy (non-hydrogen) atoms. The third-order valence-electron chi connectivity index (χ3n) is 7.58. The quantitative estimate of drug-likeness (QED) is 0.649. The highest BCUT2D eigenvalue weighted by atomic mass is 16.5. The Hall–Kier alpha value is -2.87. The van der Waals surface area contributed by atoms with Crippen LogP contribution in [0, 0.1) is 0 Å². The fraction of sp³-hybridized carbons (Fsp3) is 0.577. The van der Waals surface area contributed by atoms with E-state index >= 15 is 0 Å². The number of amides is 1. The first-order valence-corrected chi connectivity index (χ1v) is 12.5. The van der Waals surface area contributed by atoms with Crippen LogP contribution >= 0.6 is 0 Å². The number of carbonyl (C=O) groups is 1. The summed E-state index contributed by atoms with van der Waals surface area (Å²) < 4.78 is 10.8. The summed E-state index contributed by atoms with van der Waals surface area (Å²) in [5.74, 6) is 2.37. The lowest BCUT2D eigenvalue weighted by Crippen LogP contribution is -2.52. The van der Waals surface area contributed by atoms with Crippen LogP contribution in [0.4, 0.5) is 5.95 Å². The first kappa shape index (κ1) is 22.9. The van der Waals surface area contributed by atoms with E-state index < -0.39 is 0 Å². The maximum Gasteiger partial charge on any atom is 0.227 e. The normalized spacial score (nSPS) is 19.2. The van der Waals surface area contributed by atoms with Crippen LogP contribution in [-0.2, 0) is 24.1 Å². The second kappa shape index (κ2) is 10.2. The topological polar surface area (TPSA) is 71.0 Å². The van der Waals surface area contributed by atoms with Gasteiger partial charge in [-0.15, -0.1) is 0 Å². The summed E-state index contributed by atoms with van der Waals surface area (Å²) >= 11 is 0. The maximum absolute atomic E-state index is 13.1. The van der Waals surface area contributed by atoms with Crippen molar-refractivity contribution in [2.24, 2.45) is 0 Å². The van der Waals surface area contributed by atoms with Gasteiger partial charge < -0.3 is 19.3 Å². The number of methoxy groups -OCH3 is 2. The molecule has 3 heterocycles. The fourth-order valence-electron chi connectivity index (χ4n) is 5.20. The third-order valence-corrected chi connectivity index (χ3v) is 7.58. The fourth-order valence-corrected chi connectivity index (χ4v) is 5.20. The van der Waals surface area contributed by atoms with E-state index in [0.717, 1.165) is 73.6 Å². The van der Waals surface area contributed by atoms with Crippen molar-refractivity contribution in [2.75, 3.05) is 58.4 Å². The minimum Gasteiger partial charge on any atom is -0.497 e. The average Bonchev–Trinajstić information content (AvgIpc) is 3.05. The van der Waals surface area contributed by atoms with Gasteiger partial charge in [0.2, 0.25) is 11.9 Å². The second-order valence-corrected chi connectivity index (χ2v) is 9.49. The smallest absolute Gasteiger partial charge is 0.227 e. The average molecular weight is 466 g/mol. The first-order valence-electron chi connectivity index (χ1n) is 12.5. The highest BCUT2D eigenvalue weighted by Crippen LogP contribution is 2.27. The first-order chi connectivity index (χ1) is 16.6. The van der Waals surface area contributed by atoms with E-state index in [4.69, 9.17) is 19.4 Å². The van der Waals surface area contributed by atoms with Crippen LogP contribution < -0.4 is 14.4 Å². The predicted octanol–water partition coefficient (Wildman–Crippen LogP) is 2.34. The van der Waals surface area contributed by atoms with Crippen LogP contribution in [0.25, 0.3) is 0 Å². The van der Waals surface area contributed by atoms with E-state index in [9.17, 15) is 4.79 Å². The number of aromatic nitrogens is 2. The number of fused-ring (bicyclic) bond motifs is 1. The van der Waals surface area contributed by atoms with E-state index in [1.807, 2.05) is 29.3 Å². The summed E-state index contributed by atoms with van der Waals surface area (Å²) in [7, 11) is 3.25. The minimum absolute atomic E-state index is 0.0969. The van der Waals surface area contributed by atoms with Crippen molar-refractivity contribution in [1.29, 1.82) is 0 Å². The van der Waals surface area contributed by atoms with Gasteiger partial charge in [-0.2, -0.15) is 0 Å². The molecule has 8 heteroatoms. The zero-order valence-electron chi connectivity index (χ0n) is 20.3. The number of rotatable bonds is 6. The number of piperazine rings is 1. The van der Waals surface area contributed by atoms with E-state index in [1.54, 1.807) is 14.2 Å². The Kier molecular flexibility index (Phi) is 6.85. The van der Waals surface area contributed by atoms with Gasteiger partial charge >= 0.3 is 0 Å². The Morgan fingerprint density at radius 2 is 1.82 bits per heavy atom. The molecule has 0 unspecified atom stereocenters. The highest BCUT2D eigenvalue weighted by molar-refractivity contribution is 5.80. The number of anilines is 1. The number of carbonyl (C=O) groups excluding carboxylic acids is 1. The van der Waals surface area contributed by atoms with E-state index in [2.05, 4.69) is 9.80 Å². The monoisotopic (exact) mass is 465 g/mol. The molecule has 1 aromatic heterocycles. The molecule has 0 N–H and O–H groups in total. The summed E-state index contributed by atoms with van der Waals surface area (Å²) in [6.07, 6.45) is 7.91. The van der Waals surface area contributed by atoms with Gasteiger partial charge in [0.25, 0.3) is 0 Å². The van der Waals surface area contributed by atoms with Crippen molar-refractivity contribution in [3.63, 3.8) is 0 Å². The van der Waals surface area contributed by atoms with Gasteiger partial charge in [0.05, 0.1) is 26.3 Å². The van der Waals surface area contributed by atoms with Crippen molar-refractivity contribution in [3.8, 4) is 11.5 Å². The molecule has 1 aromatic carbocycles. The molecule has 0 atom stereocenters. The Morgan fingerprint density at radius 1 is 1.03 bits per heavy atom. The van der Waals surface area contributed by atoms with E-state index in [1.165, 1.54) is 19.3 Å². The molecule has 2 aliphatic heterocycles. The minimum atomic E-state index is 0.0969. The summed E-state index contributed by atoms with van der Waals surface area (Å²) in [4.78, 5) is 29.7. The van der Waals surface area contributed by atoms with Crippen LogP contribution in [0.3, 0.4) is 0 Å². The Bertz CT molecular complexity index is 1020. The predicted molar refractivity (Wildman–Crippen MR) is 131 cm³/mol. The molecule has 1 amide bonds. The molecule has 0 radical (unpaired) electrons. The molecular weight excluding hydrogens is 430 g/mol. The maximum atomic E-state index is 13.1. The number of nitrogens with zero attached hydrogens (tertiary/aromatic N) is 5. The van der Waals surface area contributed by atoms with Gasteiger partial charge in [0.1, 0.15) is 11.5 Å². The van der Waals surface area contributed by atoms with Crippen molar-refractivity contribution in [2.45, 2.75) is 44.6 Å². The molecule has 3 aliphatic rings. The number of ether oxygens (including phenoxy) is 2. The molecule has 2 fully saturated rings. The molecule has 1 saturated carbocycles. The standard InChI is InChI=1S/C26H35N5O3/c1-33-22-6-7-24(34-2)20(16-22)17-25(32)30-10-8-19-18-27-26(28-23(19)9-11-30)31-14-12-29(13-15-31)21-4-3-5-21/h6-7,16,18,21H,3-5,8-15,17H2,1-2H3. The summed E-state index contributed by atoms with van der Waals surface area (Å²) in [6.45, 7) is 5.53. The van der Waals surface area contributed by atoms with Gasteiger partial charge in [0, 0.05) is 63.5 Å². The van der Waals surface area contributed by atoms with Gasteiger partial charge in [-0.05, 0) is 43.0 Å². The van der Waals surface area contributed by atoms with Gasteiger partial charge in [0.15, 0.2) is 0 Å². The summed E-state index contributed by atoms with van der Waals surface area (Å²) in [5.41, 5.74) is 3.09. The van der Waals surface area contributed by atoms with Crippen molar-refractivity contribution < 1.29 is 14.3 Å². The summed E-state index contributed by atoms with van der Waals surface area (Å²) in [6, 6.07) is 6.38. The van der Waals surface area contributed by atoms with Crippen LogP contribution in [0.5, 0.6) is 11.5 Å². The Balaban J connectivity index is 1.21. The van der Waals surface area contributed by atoms with Crippen LogP contribution in [-0.4, -0.2) is 85.2 Å². The lowest BCUT2D eigenvalue weighted by molar-refractivity contribution is -0.130. The van der Waals surface area contributed by atoms with Gasteiger partial charge in [-0.3, -0.25) is 9.69 Å². The lowest BCUT2D eigenvalue weighted by atomic mass is 9.91. The van der Waals surface area contributed by atoms with E-state index in [0.29, 0.717) is 25.3 Å². The largest absolute Gasteiger partial charge is 0.497 e. The number of benzene rings is 1. The SMILES string of the molecule is COc1ccc(OC)c(CC(=O)N2CCc3cnc(N4CCN(C5CCC5)CC4)nc3CC2)c1. The lowest BCUT2D eigenvalue weighted by Gasteiger charge is -2.43. The van der Waals surface area contributed by atoms with Crippen molar-refractivity contribution in [1.82, 2.24) is 19.8 Å². The van der Waals surface area contributed by atoms with Crippen LogP contribution in [0.15, 0.2) is 24.4 Å². The molecule has 1 saturated heterocycles. The zero-order chi connectivity index (χ0) is 23.5. The molecule has 182 valence electrons. The van der Waals surface area contributed by atoms with E-state index in [-0.39, 0.29) is 5.91 Å². The number of hydrogen-bond donors (Lipinski definition) is 0. The van der Waals surface area contributed by atoms with Gasteiger partial charge in [-0.1, -0.05) is 6.42 Å².